The maximum Gasteiger partial charge on any atom is 0.243 e. The van der Waals surface area contributed by atoms with Crippen LogP contribution in [0.4, 0.5) is 0 Å². The van der Waals surface area contributed by atoms with E-state index in [-0.39, 0.29) is 23.4 Å². The monoisotopic (exact) mass is 411 g/mol. The molecule has 0 radical (unpaired) electrons. The molecule has 1 fully saturated rings. The molecule has 1 aliphatic rings. The zero-order valence-electron chi connectivity index (χ0n) is 16.9. The molecule has 7 heteroatoms. The van der Waals surface area contributed by atoms with Crippen LogP contribution in [0.1, 0.15) is 41.1 Å². The number of amides is 1. The fourth-order valence-corrected chi connectivity index (χ4v) is 4.98. The van der Waals surface area contributed by atoms with E-state index in [2.05, 4.69) is 18.2 Å². The molecule has 0 saturated carbocycles. The summed E-state index contributed by atoms with van der Waals surface area (Å²) >= 11 is 0. The number of likely N-dealkylation sites (N-methyl/N-ethyl adjacent to an activating group) is 1. The zero-order chi connectivity index (χ0) is 21.2. The van der Waals surface area contributed by atoms with Gasteiger partial charge in [0.2, 0.25) is 15.9 Å². The van der Waals surface area contributed by atoms with E-state index < -0.39 is 10.0 Å². The molecule has 1 amide bonds. The van der Waals surface area contributed by atoms with E-state index in [0.29, 0.717) is 12.1 Å². The third-order valence-corrected chi connectivity index (χ3v) is 7.07. The predicted molar refractivity (Wildman–Crippen MR) is 111 cm³/mol. The smallest absolute Gasteiger partial charge is 0.243 e. The number of hydrogen-bond donors (Lipinski definition) is 0. The molecule has 0 aromatic heterocycles. The van der Waals surface area contributed by atoms with Gasteiger partial charge in [-0.05, 0) is 56.5 Å². The van der Waals surface area contributed by atoms with Gasteiger partial charge in [0.15, 0.2) is 0 Å². The van der Waals surface area contributed by atoms with E-state index in [1.54, 1.807) is 4.90 Å². The largest absolute Gasteiger partial charge is 0.335 e. The normalized spacial score (nSPS) is 16.8. The lowest BCUT2D eigenvalue weighted by Gasteiger charge is -2.27. The summed E-state index contributed by atoms with van der Waals surface area (Å²) in [5.41, 5.74) is 3.79. The van der Waals surface area contributed by atoms with Gasteiger partial charge in [0, 0.05) is 13.6 Å². The molecule has 0 N–H and O–H groups in total. The van der Waals surface area contributed by atoms with Gasteiger partial charge in [0.05, 0.1) is 29.1 Å². The molecule has 2 aromatic carbocycles. The van der Waals surface area contributed by atoms with E-state index in [1.807, 2.05) is 19.9 Å². The van der Waals surface area contributed by atoms with Gasteiger partial charge in [-0.15, -0.1) is 0 Å². The Morgan fingerprint density at radius 3 is 2.38 bits per heavy atom. The molecule has 6 nitrogen and oxygen atoms in total. The van der Waals surface area contributed by atoms with Crippen LogP contribution in [-0.2, 0) is 14.8 Å². The second kappa shape index (κ2) is 8.36. The number of carbonyl (C=O) groups excluding carboxylic acids is 1. The lowest BCUT2D eigenvalue weighted by atomic mass is 9.99. The first kappa shape index (κ1) is 21.0. The van der Waals surface area contributed by atoms with Crippen LogP contribution < -0.4 is 0 Å². The van der Waals surface area contributed by atoms with Gasteiger partial charge in [-0.3, -0.25) is 4.79 Å². The van der Waals surface area contributed by atoms with Crippen molar-refractivity contribution in [1.29, 1.82) is 5.26 Å². The standard InChI is InChI=1S/C22H25N3O3S/c1-16-11-17(2)13-19(12-16)21-5-4-10-25(21)22(26)15-24(3)29(27,28)20-8-6-18(14-23)7-9-20/h6-9,11-13,21H,4-5,10,15H2,1-3H3. The molecular formula is C22H25N3O3S. The van der Waals surface area contributed by atoms with Gasteiger partial charge in [0.1, 0.15) is 0 Å². The maximum atomic E-state index is 13.0. The van der Waals surface area contributed by atoms with Crippen LogP contribution in [0.3, 0.4) is 0 Å². The number of aryl methyl sites for hydroxylation is 2. The fraction of sp³-hybridized carbons (Fsp3) is 0.364. The average molecular weight is 412 g/mol. The first-order valence-corrected chi connectivity index (χ1v) is 11.0. The van der Waals surface area contributed by atoms with Crippen molar-refractivity contribution < 1.29 is 13.2 Å². The highest BCUT2D eigenvalue weighted by Gasteiger charge is 2.32. The maximum absolute atomic E-state index is 13.0. The number of carbonyl (C=O) groups is 1. The lowest BCUT2D eigenvalue weighted by molar-refractivity contribution is -0.132. The molecule has 0 bridgehead atoms. The second-order valence-electron chi connectivity index (χ2n) is 7.56. The highest BCUT2D eigenvalue weighted by Crippen LogP contribution is 2.33. The van der Waals surface area contributed by atoms with Gasteiger partial charge in [-0.2, -0.15) is 9.57 Å². The molecule has 1 aliphatic heterocycles. The van der Waals surface area contributed by atoms with Crippen molar-refractivity contribution in [1.82, 2.24) is 9.21 Å². The van der Waals surface area contributed by atoms with Crippen molar-refractivity contribution in [2.45, 2.75) is 37.6 Å². The Bertz CT molecular complexity index is 1040. The summed E-state index contributed by atoms with van der Waals surface area (Å²) in [7, 11) is -2.40. The topological polar surface area (TPSA) is 81.5 Å². The minimum Gasteiger partial charge on any atom is -0.335 e. The van der Waals surface area contributed by atoms with Crippen molar-refractivity contribution in [2.24, 2.45) is 0 Å². The molecule has 1 unspecified atom stereocenters. The number of benzene rings is 2. The minimum atomic E-state index is -3.81. The number of sulfonamides is 1. The van der Waals surface area contributed by atoms with E-state index >= 15 is 0 Å². The van der Waals surface area contributed by atoms with Crippen LogP contribution in [0.15, 0.2) is 47.4 Å². The average Bonchev–Trinajstić information content (AvgIpc) is 3.17. The molecule has 29 heavy (non-hydrogen) atoms. The fourth-order valence-electron chi connectivity index (χ4n) is 3.86. The molecule has 3 rings (SSSR count). The predicted octanol–water partition coefficient (Wildman–Crippen LogP) is 3.16. The summed E-state index contributed by atoms with van der Waals surface area (Å²) in [5.74, 6) is -0.202. The Morgan fingerprint density at radius 2 is 1.79 bits per heavy atom. The van der Waals surface area contributed by atoms with Gasteiger partial charge >= 0.3 is 0 Å². The molecule has 2 aromatic rings. The van der Waals surface area contributed by atoms with Crippen LogP contribution in [0.2, 0.25) is 0 Å². The van der Waals surface area contributed by atoms with Crippen molar-refractivity contribution >= 4 is 15.9 Å². The SMILES string of the molecule is Cc1cc(C)cc(C2CCCN2C(=O)CN(C)S(=O)(=O)c2ccc(C#N)cc2)c1. The summed E-state index contributed by atoms with van der Waals surface area (Å²) in [6.45, 7) is 4.48. The Labute approximate surface area is 172 Å². The molecule has 1 saturated heterocycles. The van der Waals surface area contributed by atoms with E-state index in [9.17, 15) is 13.2 Å². The van der Waals surface area contributed by atoms with E-state index in [4.69, 9.17) is 5.26 Å². The lowest BCUT2D eigenvalue weighted by Crippen LogP contribution is -2.40. The number of nitrogens with zero attached hydrogens (tertiary/aromatic N) is 3. The van der Waals surface area contributed by atoms with Crippen molar-refractivity contribution in [3.63, 3.8) is 0 Å². The molecule has 152 valence electrons. The summed E-state index contributed by atoms with van der Waals surface area (Å²) in [5, 5.41) is 8.87. The highest BCUT2D eigenvalue weighted by atomic mass is 32.2. The van der Waals surface area contributed by atoms with Crippen LogP contribution in [0.5, 0.6) is 0 Å². The molecular weight excluding hydrogens is 386 g/mol. The Kier molecular flexibility index (Phi) is 6.06. The molecule has 1 atom stereocenters. The molecule has 0 spiro atoms. The minimum absolute atomic E-state index is 0.0212. The van der Waals surface area contributed by atoms with Crippen molar-refractivity contribution in [3.8, 4) is 6.07 Å². The van der Waals surface area contributed by atoms with Gasteiger partial charge < -0.3 is 4.90 Å². The zero-order valence-corrected chi connectivity index (χ0v) is 17.7. The Hall–Kier alpha value is -2.69. The van der Waals surface area contributed by atoms with Crippen molar-refractivity contribution in [3.05, 3.63) is 64.7 Å². The highest BCUT2D eigenvalue weighted by molar-refractivity contribution is 7.89. The number of nitriles is 1. The third kappa shape index (κ3) is 4.50. The third-order valence-electron chi connectivity index (χ3n) is 5.25. The summed E-state index contributed by atoms with van der Waals surface area (Å²) < 4.78 is 26.7. The number of rotatable bonds is 5. The first-order chi connectivity index (χ1) is 13.7. The van der Waals surface area contributed by atoms with E-state index in [0.717, 1.165) is 33.8 Å². The van der Waals surface area contributed by atoms with Gasteiger partial charge in [-0.1, -0.05) is 29.3 Å². The Balaban J connectivity index is 1.76. The molecule has 1 heterocycles. The summed E-state index contributed by atoms with van der Waals surface area (Å²) in [4.78, 5) is 14.8. The van der Waals surface area contributed by atoms with E-state index in [1.165, 1.54) is 31.3 Å². The molecule has 0 aliphatic carbocycles. The summed E-state index contributed by atoms with van der Waals surface area (Å²) in [6.07, 6.45) is 1.77. The van der Waals surface area contributed by atoms with Crippen LogP contribution in [0, 0.1) is 25.2 Å². The van der Waals surface area contributed by atoms with Crippen LogP contribution >= 0.6 is 0 Å². The summed E-state index contributed by atoms with van der Waals surface area (Å²) in [6, 6.07) is 13.9. The first-order valence-electron chi connectivity index (χ1n) is 9.56. The number of hydrogen-bond acceptors (Lipinski definition) is 4. The Morgan fingerprint density at radius 1 is 1.17 bits per heavy atom. The van der Waals surface area contributed by atoms with Crippen LogP contribution in [0.25, 0.3) is 0 Å². The van der Waals surface area contributed by atoms with Gasteiger partial charge in [0.25, 0.3) is 0 Å². The van der Waals surface area contributed by atoms with Crippen LogP contribution in [-0.4, -0.2) is 43.7 Å². The second-order valence-corrected chi connectivity index (χ2v) is 9.61. The number of likely N-dealkylation sites (tertiary alicyclic amines) is 1. The van der Waals surface area contributed by atoms with Gasteiger partial charge in [-0.25, -0.2) is 8.42 Å². The quantitative estimate of drug-likeness (QED) is 0.757. The van der Waals surface area contributed by atoms with Crippen molar-refractivity contribution in [2.75, 3.05) is 20.1 Å².